The maximum atomic E-state index is 12.3. The number of methoxy groups -OCH3 is 1. The third-order valence-corrected chi connectivity index (χ3v) is 3.60. The molecule has 3 aromatic rings. The van der Waals surface area contributed by atoms with Crippen LogP contribution in [0.4, 0.5) is 11.5 Å². The van der Waals surface area contributed by atoms with Gasteiger partial charge in [-0.25, -0.2) is 0 Å². The minimum absolute atomic E-state index is 0.233. The molecule has 0 spiro atoms. The lowest BCUT2D eigenvalue weighted by molar-refractivity contribution is 0.102. The van der Waals surface area contributed by atoms with Crippen molar-refractivity contribution in [3.05, 3.63) is 72.4 Å². The predicted octanol–water partition coefficient (Wildman–Crippen LogP) is 3.58. The number of anilines is 2. The molecule has 1 amide bonds. The van der Waals surface area contributed by atoms with Crippen LogP contribution in [-0.2, 0) is 4.74 Å². The number of rotatable bonds is 8. The fourth-order valence-corrected chi connectivity index (χ4v) is 2.25. The molecule has 1 heterocycles. The van der Waals surface area contributed by atoms with E-state index in [-0.39, 0.29) is 11.6 Å². The lowest BCUT2D eigenvalue weighted by atomic mass is 10.2. The Kier molecular flexibility index (Phi) is 6.32. The summed E-state index contributed by atoms with van der Waals surface area (Å²) in [6, 6.07) is 19.9. The van der Waals surface area contributed by atoms with E-state index in [9.17, 15) is 4.79 Å². The van der Waals surface area contributed by atoms with E-state index < -0.39 is 0 Å². The number of hydrogen-bond donors (Lipinski definition) is 2. The van der Waals surface area contributed by atoms with Crippen molar-refractivity contribution in [2.45, 2.75) is 0 Å². The zero-order valence-corrected chi connectivity index (χ0v) is 14.9. The van der Waals surface area contributed by atoms with Gasteiger partial charge >= 0.3 is 0 Å². The molecule has 138 valence electrons. The number of nitrogens with zero attached hydrogens (tertiary/aromatic N) is 2. The second-order valence-corrected chi connectivity index (χ2v) is 5.62. The van der Waals surface area contributed by atoms with Crippen molar-refractivity contribution >= 4 is 17.4 Å². The van der Waals surface area contributed by atoms with E-state index in [1.165, 1.54) is 0 Å². The van der Waals surface area contributed by atoms with Gasteiger partial charge < -0.3 is 20.1 Å². The van der Waals surface area contributed by atoms with Crippen LogP contribution >= 0.6 is 0 Å². The van der Waals surface area contributed by atoms with Gasteiger partial charge in [0.15, 0.2) is 5.69 Å². The van der Waals surface area contributed by atoms with Crippen LogP contribution < -0.4 is 15.4 Å². The number of carbonyl (C=O) groups is 1. The number of nitrogens with one attached hydrogen (secondary N) is 2. The highest BCUT2D eigenvalue weighted by Gasteiger charge is 2.09. The Bertz CT molecular complexity index is 853. The Balaban J connectivity index is 1.55. The highest BCUT2D eigenvalue weighted by Crippen LogP contribution is 2.22. The van der Waals surface area contributed by atoms with Crippen molar-refractivity contribution in [3.8, 4) is 11.5 Å². The zero-order chi connectivity index (χ0) is 18.9. The van der Waals surface area contributed by atoms with Gasteiger partial charge in [0.2, 0.25) is 0 Å². The molecule has 3 rings (SSSR count). The summed E-state index contributed by atoms with van der Waals surface area (Å²) in [5.41, 5.74) is 0.876. The standard InChI is InChI=1S/C20H20N4O3/c1-26-14-13-21-19-12-11-18(23-24-19)20(25)22-15-7-9-17(10-8-15)27-16-5-3-2-4-6-16/h2-12H,13-14H2,1H3,(H,21,24)(H,22,25). The molecule has 0 aliphatic carbocycles. The van der Waals surface area contributed by atoms with Crippen LogP contribution in [0.2, 0.25) is 0 Å². The summed E-state index contributed by atoms with van der Waals surface area (Å²) >= 11 is 0. The molecule has 0 saturated heterocycles. The smallest absolute Gasteiger partial charge is 0.276 e. The van der Waals surface area contributed by atoms with Crippen LogP contribution in [0.5, 0.6) is 11.5 Å². The van der Waals surface area contributed by atoms with Gasteiger partial charge in [-0.3, -0.25) is 4.79 Å². The van der Waals surface area contributed by atoms with Gasteiger partial charge in [0.05, 0.1) is 6.61 Å². The van der Waals surface area contributed by atoms with Crippen LogP contribution in [0.25, 0.3) is 0 Å². The number of para-hydroxylation sites is 1. The van der Waals surface area contributed by atoms with Crippen molar-refractivity contribution in [1.82, 2.24) is 10.2 Å². The summed E-state index contributed by atoms with van der Waals surface area (Å²) in [7, 11) is 1.63. The molecule has 0 unspecified atom stereocenters. The summed E-state index contributed by atoms with van der Waals surface area (Å²) < 4.78 is 10.7. The fourth-order valence-electron chi connectivity index (χ4n) is 2.25. The van der Waals surface area contributed by atoms with Gasteiger partial charge in [-0.2, -0.15) is 0 Å². The minimum Gasteiger partial charge on any atom is -0.457 e. The van der Waals surface area contributed by atoms with Crippen molar-refractivity contribution in [3.63, 3.8) is 0 Å². The summed E-state index contributed by atoms with van der Waals surface area (Å²) in [5.74, 6) is 1.70. The Morgan fingerprint density at radius 2 is 1.67 bits per heavy atom. The van der Waals surface area contributed by atoms with Gasteiger partial charge in [0, 0.05) is 19.3 Å². The SMILES string of the molecule is COCCNc1ccc(C(=O)Nc2ccc(Oc3ccccc3)cc2)nn1. The van der Waals surface area contributed by atoms with E-state index in [1.807, 2.05) is 30.3 Å². The molecule has 2 aromatic carbocycles. The third kappa shape index (κ3) is 5.52. The predicted molar refractivity (Wildman–Crippen MR) is 103 cm³/mol. The molecule has 7 nitrogen and oxygen atoms in total. The molecule has 0 aliphatic rings. The molecular weight excluding hydrogens is 344 g/mol. The Morgan fingerprint density at radius 1 is 0.926 bits per heavy atom. The quantitative estimate of drug-likeness (QED) is 0.594. The Labute approximate surface area is 157 Å². The summed E-state index contributed by atoms with van der Waals surface area (Å²) in [5, 5.41) is 13.7. The maximum absolute atomic E-state index is 12.3. The number of ether oxygens (including phenoxy) is 2. The molecule has 27 heavy (non-hydrogen) atoms. The van der Waals surface area contributed by atoms with Crippen LogP contribution in [-0.4, -0.2) is 36.4 Å². The molecule has 0 saturated carbocycles. The minimum atomic E-state index is -0.331. The maximum Gasteiger partial charge on any atom is 0.276 e. The highest BCUT2D eigenvalue weighted by atomic mass is 16.5. The van der Waals surface area contributed by atoms with Gasteiger partial charge in [-0.05, 0) is 48.5 Å². The molecule has 0 atom stereocenters. The van der Waals surface area contributed by atoms with E-state index in [0.717, 1.165) is 5.75 Å². The van der Waals surface area contributed by atoms with Gasteiger partial charge in [0.25, 0.3) is 5.91 Å². The monoisotopic (exact) mass is 364 g/mol. The van der Waals surface area contributed by atoms with E-state index in [4.69, 9.17) is 9.47 Å². The van der Waals surface area contributed by atoms with E-state index in [1.54, 1.807) is 43.5 Å². The number of hydrogen-bond acceptors (Lipinski definition) is 6. The van der Waals surface area contributed by atoms with Gasteiger partial charge in [-0.15, -0.1) is 10.2 Å². The molecule has 0 radical (unpaired) electrons. The Morgan fingerprint density at radius 3 is 2.33 bits per heavy atom. The largest absolute Gasteiger partial charge is 0.457 e. The molecule has 7 heteroatoms. The third-order valence-electron chi connectivity index (χ3n) is 3.60. The average Bonchev–Trinajstić information content (AvgIpc) is 2.71. The van der Waals surface area contributed by atoms with Crippen LogP contribution in [0.15, 0.2) is 66.7 Å². The normalized spacial score (nSPS) is 10.3. The van der Waals surface area contributed by atoms with E-state index >= 15 is 0 Å². The van der Waals surface area contributed by atoms with Crippen LogP contribution in [0.1, 0.15) is 10.5 Å². The van der Waals surface area contributed by atoms with Crippen molar-refractivity contribution in [2.24, 2.45) is 0 Å². The van der Waals surface area contributed by atoms with Crippen LogP contribution in [0.3, 0.4) is 0 Å². The number of carbonyl (C=O) groups excluding carboxylic acids is 1. The first kappa shape index (κ1) is 18.3. The summed E-state index contributed by atoms with van der Waals surface area (Å²) in [6.45, 7) is 1.18. The van der Waals surface area contributed by atoms with Crippen molar-refractivity contribution in [1.29, 1.82) is 0 Å². The number of benzene rings is 2. The van der Waals surface area contributed by atoms with Gasteiger partial charge in [-0.1, -0.05) is 18.2 Å². The molecular formula is C20H20N4O3. The lowest BCUT2D eigenvalue weighted by Crippen LogP contribution is -2.15. The van der Waals surface area contributed by atoms with Crippen molar-refractivity contribution in [2.75, 3.05) is 30.9 Å². The zero-order valence-electron chi connectivity index (χ0n) is 14.9. The highest BCUT2D eigenvalue weighted by molar-refractivity contribution is 6.02. The molecule has 1 aromatic heterocycles. The van der Waals surface area contributed by atoms with E-state index in [0.29, 0.717) is 30.4 Å². The topological polar surface area (TPSA) is 85.4 Å². The molecule has 0 aliphatic heterocycles. The lowest BCUT2D eigenvalue weighted by Gasteiger charge is -2.08. The molecule has 0 fully saturated rings. The second-order valence-electron chi connectivity index (χ2n) is 5.62. The Hall–Kier alpha value is -3.45. The van der Waals surface area contributed by atoms with Crippen molar-refractivity contribution < 1.29 is 14.3 Å². The van der Waals surface area contributed by atoms with E-state index in [2.05, 4.69) is 20.8 Å². The number of amides is 1. The average molecular weight is 364 g/mol. The van der Waals surface area contributed by atoms with Gasteiger partial charge in [0.1, 0.15) is 17.3 Å². The summed E-state index contributed by atoms with van der Waals surface area (Å²) in [6.07, 6.45) is 0. The first-order chi connectivity index (χ1) is 13.2. The first-order valence-corrected chi connectivity index (χ1v) is 8.45. The first-order valence-electron chi connectivity index (χ1n) is 8.45. The second kappa shape index (κ2) is 9.30. The number of aromatic nitrogens is 2. The fraction of sp³-hybridized carbons (Fsp3) is 0.150. The molecule has 2 N–H and O–H groups in total. The van der Waals surface area contributed by atoms with Crippen LogP contribution in [0, 0.1) is 0 Å². The molecule has 0 bridgehead atoms. The summed E-state index contributed by atoms with van der Waals surface area (Å²) in [4.78, 5) is 12.3.